The lowest BCUT2D eigenvalue weighted by Gasteiger charge is -2.18. The zero-order valence-electron chi connectivity index (χ0n) is 10.6. The van der Waals surface area contributed by atoms with Crippen molar-refractivity contribution in [2.75, 3.05) is 13.7 Å². The molecule has 1 N–H and O–H groups in total. The van der Waals surface area contributed by atoms with E-state index >= 15 is 0 Å². The van der Waals surface area contributed by atoms with Gasteiger partial charge in [-0.1, -0.05) is 13.3 Å². The number of ether oxygens (including phenoxy) is 1. The summed E-state index contributed by atoms with van der Waals surface area (Å²) >= 11 is 5.33. The van der Waals surface area contributed by atoms with Crippen LogP contribution in [-0.2, 0) is 4.74 Å². The summed E-state index contributed by atoms with van der Waals surface area (Å²) in [7, 11) is 1.68. The number of nitrogens with one attached hydrogen (secondary N) is 1. The van der Waals surface area contributed by atoms with Crippen LogP contribution in [0.15, 0.2) is 18.2 Å². The van der Waals surface area contributed by atoms with E-state index in [1.165, 1.54) is 12.1 Å². The molecule has 1 aromatic carbocycles. The van der Waals surface area contributed by atoms with Gasteiger partial charge in [-0.05, 0) is 36.8 Å². The van der Waals surface area contributed by atoms with E-state index in [1.54, 1.807) is 13.2 Å². The van der Waals surface area contributed by atoms with Crippen LogP contribution in [0.4, 0.5) is 4.39 Å². The van der Waals surface area contributed by atoms with Gasteiger partial charge in [0, 0.05) is 7.11 Å². The molecule has 3 nitrogen and oxygen atoms in total. The Morgan fingerprint density at radius 1 is 1.50 bits per heavy atom. The lowest BCUT2D eigenvalue weighted by Crippen LogP contribution is -2.14. The molecular weight excluding hydrogens is 251 g/mol. The molecule has 0 fully saturated rings. The van der Waals surface area contributed by atoms with Crippen LogP contribution in [0.2, 0.25) is 0 Å². The third kappa shape index (κ3) is 2.47. The molecule has 0 aliphatic rings. The van der Waals surface area contributed by atoms with Crippen LogP contribution >= 0.6 is 12.2 Å². The number of halogens is 1. The van der Waals surface area contributed by atoms with Crippen LogP contribution in [0.3, 0.4) is 0 Å². The van der Waals surface area contributed by atoms with Gasteiger partial charge in [0.15, 0.2) is 4.77 Å². The fourth-order valence-electron chi connectivity index (χ4n) is 2.28. The van der Waals surface area contributed by atoms with E-state index in [0.29, 0.717) is 11.4 Å². The maximum absolute atomic E-state index is 13.2. The molecule has 0 saturated carbocycles. The van der Waals surface area contributed by atoms with Crippen LogP contribution < -0.4 is 0 Å². The first kappa shape index (κ1) is 13.2. The highest BCUT2D eigenvalue weighted by Gasteiger charge is 2.15. The highest BCUT2D eigenvalue weighted by Crippen LogP contribution is 2.23. The largest absolute Gasteiger partial charge is 0.383 e. The Morgan fingerprint density at radius 2 is 2.28 bits per heavy atom. The average Bonchev–Trinajstić information content (AvgIpc) is 2.64. The number of benzene rings is 1. The van der Waals surface area contributed by atoms with Gasteiger partial charge in [0.1, 0.15) is 5.82 Å². The minimum Gasteiger partial charge on any atom is -0.383 e. The predicted octanol–water partition coefficient (Wildman–Crippen LogP) is 3.83. The molecule has 0 bridgehead atoms. The van der Waals surface area contributed by atoms with Gasteiger partial charge in [0.05, 0.1) is 23.7 Å². The molecule has 18 heavy (non-hydrogen) atoms. The van der Waals surface area contributed by atoms with Crippen molar-refractivity contribution in [3.05, 3.63) is 28.8 Å². The number of rotatable bonds is 5. The van der Waals surface area contributed by atoms with Crippen molar-refractivity contribution in [3.8, 4) is 0 Å². The Labute approximate surface area is 111 Å². The average molecular weight is 268 g/mol. The van der Waals surface area contributed by atoms with Gasteiger partial charge in [-0.2, -0.15) is 0 Å². The van der Waals surface area contributed by atoms with Gasteiger partial charge in [-0.25, -0.2) is 4.39 Å². The van der Waals surface area contributed by atoms with Crippen LogP contribution in [0.25, 0.3) is 11.0 Å². The van der Waals surface area contributed by atoms with E-state index in [9.17, 15) is 4.39 Å². The van der Waals surface area contributed by atoms with Gasteiger partial charge < -0.3 is 14.3 Å². The summed E-state index contributed by atoms with van der Waals surface area (Å²) in [5.74, 6) is -0.260. The lowest BCUT2D eigenvalue weighted by atomic mass is 10.1. The van der Waals surface area contributed by atoms with Gasteiger partial charge >= 0.3 is 0 Å². The van der Waals surface area contributed by atoms with Gasteiger partial charge in [-0.15, -0.1) is 0 Å². The molecule has 98 valence electrons. The summed E-state index contributed by atoms with van der Waals surface area (Å²) in [5, 5.41) is 0. The second-order valence-electron chi connectivity index (χ2n) is 4.36. The minimum atomic E-state index is -0.260. The van der Waals surface area contributed by atoms with Gasteiger partial charge in [0.2, 0.25) is 0 Å². The smallest absolute Gasteiger partial charge is 0.178 e. The summed E-state index contributed by atoms with van der Waals surface area (Å²) < 4.78 is 21.1. The van der Waals surface area contributed by atoms with E-state index < -0.39 is 0 Å². The van der Waals surface area contributed by atoms with Gasteiger partial charge in [0.25, 0.3) is 0 Å². The molecule has 2 rings (SSSR count). The molecule has 5 heteroatoms. The maximum Gasteiger partial charge on any atom is 0.178 e. The fourth-order valence-corrected chi connectivity index (χ4v) is 2.64. The molecule has 1 heterocycles. The number of hydrogen-bond acceptors (Lipinski definition) is 2. The van der Waals surface area contributed by atoms with Crippen molar-refractivity contribution < 1.29 is 9.13 Å². The van der Waals surface area contributed by atoms with Crippen molar-refractivity contribution in [1.29, 1.82) is 0 Å². The van der Waals surface area contributed by atoms with Crippen molar-refractivity contribution in [1.82, 2.24) is 9.55 Å². The number of methoxy groups -OCH3 is 1. The van der Waals surface area contributed by atoms with Crippen LogP contribution in [0, 0.1) is 10.6 Å². The van der Waals surface area contributed by atoms with Crippen LogP contribution in [0.5, 0.6) is 0 Å². The number of aromatic nitrogens is 2. The second kappa shape index (κ2) is 5.63. The minimum absolute atomic E-state index is 0.187. The second-order valence-corrected chi connectivity index (χ2v) is 4.75. The molecule has 1 atom stereocenters. The van der Waals surface area contributed by atoms with Crippen molar-refractivity contribution in [3.63, 3.8) is 0 Å². The topological polar surface area (TPSA) is 29.9 Å². The van der Waals surface area contributed by atoms with Gasteiger partial charge in [-0.3, -0.25) is 0 Å². The van der Waals surface area contributed by atoms with Crippen molar-refractivity contribution >= 4 is 23.3 Å². The zero-order chi connectivity index (χ0) is 13.1. The zero-order valence-corrected chi connectivity index (χ0v) is 11.4. The first-order valence-electron chi connectivity index (χ1n) is 6.06. The summed E-state index contributed by atoms with van der Waals surface area (Å²) in [6, 6.07) is 4.87. The Morgan fingerprint density at radius 3 is 2.94 bits per heavy atom. The fraction of sp³-hybridized carbons (Fsp3) is 0.462. The molecule has 1 aromatic heterocycles. The van der Waals surface area contributed by atoms with E-state index in [0.717, 1.165) is 23.9 Å². The Balaban J connectivity index is 2.54. The molecule has 0 amide bonds. The van der Waals surface area contributed by atoms with E-state index in [4.69, 9.17) is 17.0 Å². The SMILES string of the molecule is CCCC(COC)n1c(=S)[nH]c2cc(F)ccc21. The first-order chi connectivity index (χ1) is 8.67. The summed E-state index contributed by atoms with van der Waals surface area (Å²) in [6.45, 7) is 2.73. The predicted molar refractivity (Wildman–Crippen MR) is 72.9 cm³/mol. The van der Waals surface area contributed by atoms with E-state index in [2.05, 4.69) is 11.9 Å². The molecule has 0 spiro atoms. The molecule has 0 aliphatic heterocycles. The van der Waals surface area contributed by atoms with Crippen LogP contribution in [0.1, 0.15) is 25.8 Å². The Bertz CT molecular complexity index is 584. The standard InChI is InChI=1S/C13H17FN2OS/c1-3-4-10(8-17-2)16-12-6-5-9(14)7-11(12)15-13(16)18/h5-7,10H,3-4,8H2,1-2H3,(H,15,18). The third-order valence-electron chi connectivity index (χ3n) is 3.02. The van der Waals surface area contributed by atoms with Crippen molar-refractivity contribution in [2.45, 2.75) is 25.8 Å². The first-order valence-corrected chi connectivity index (χ1v) is 6.47. The molecule has 0 radical (unpaired) electrons. The molecule has 0 aliphatic carbocycles. The molecule has 2 aromatic rings. The Kier molecular flexibility index (Phi) is 4.14. The summed E-state index contributed by atoms with van der Waals surface area (Å²) in [6.07, 6.45) is 2.02. The number of nitrogens with zero attached hydrogens (tertiary/aromatic N) is 1. The number of H-pyrrole nitrogens is 1. The number of fused-ring (bicyclic) bond motifs is 1. The molecular formula is C13H17FN2OS. The number of hydrogen-bond donors (Lipinski definition) is 1. The number of aromatic amines is 1. The summed E-state index contributed by atoms with van der Waals surface area (Å²) in [4.78, 5) is 3.05. The maximum atomic E-state index is 13.2. The molecule has 1 unspecified atom stereocenters. The normalized spacial score (nSPS) is 13.1. The van der Waals surface area contributed by atoms with E-state index in [-0.39, 0.29) is 11.9 Å². The number of imidazole rings is 1. The highest BCUT2D eigenvalue weighted by molar-refractivity contribution is 7.71. The van der Waals surface area contributed by atoms with Crippen LogP contribution in [-0.4, -0.2) is 23.3 Å². The quantitative estimate of drug-likeness (QED) is 0.835. The molecule has 0 saturated heterocycles. The Hall–Kier alpha value is -1.20. The lowest BCUT2D eigenvalue weighted by molar-refractivity contribution is 0.151. The summed E-state index contributed by atoms with van der Waals surface area (Å²) in [5.41, 5.74) is 1.66. The van der Waals surface area contributed by atoms with E-state index in [1.807, 2.05) is 4.57 Å². The highest BCUT2D eigenvalue weighted by atomic mass is 32.1. The van der Waals surface area contributed by atoms with Crippen molar-refractivity contribution in [2.24, 2.45) is 0 Å². The monoisotopic (exact) mass is 268 g/mol. The third-order valence-corrected chi connectivity index (χ3v) is 3.32.